The lowest BCUT2D eigenvalue weighted by Gasteiger charge is -2.26. The van der Waals surface area contributed by atoms with Gasteiger partial charge in [-0.15, -0.1) is 11.3 Å². The average molecular weight is 429 g/mol. The summed E-state index contributed by atoms with van der Waals surface area (Å²) < 4.78 is 11.1. The third-order valence-corrected chi connectivity index (χ3v) is 6.51. The van der Waals surface area contributed by atoms with Crippen LogP contribution in [0.25, 0.3) is 11.1 Å². The van der Waals surface area contributed by atoms with Crippen LogP contribution in [-0.2, 0) is 11.3 Å². The topological polar surface area (TPSA) is 105 Å². The lowest BCUT2D eigenvalue weighted by atomic mass is 10.1. The van der Waals surface area contributed by atoms with Crippen molar-refractivity contribution in [2.45, 2.75) is 38.8 Å². The van der Waals surface area contributed by atoms with Gasteiger partial charge in [0, 0.05) is 24.0 Å². The fraction of sp³-hybridized carbons (Fsp3) is 0.500. The zero-order valence-electron chi connectivity index (χ0n) is 17.0. The number of thiazole rings is 1. The molecule has 0 radical (unpaired) electrons. The van der Waals surface area contributed by atoms with Crippen molar-refractivity contribution in [2.75, 3.05) is 36.5 Å². The Bertz CT molecular complexity index is 1080. The summed E-state index contributed by atoms with van der Waals surface area (Å²) in [7, 11) is 0. The molecule has 3 aromatic heterocycles. The second-order valence-electron chi connectivity index (χ2n) is 8.02. The first-order valence-corrected chi connectivity index (χ1v) is 11.0. The van der Waals surface area contributed by atoms with E-state index in [4.69, 9.17) is 9.15 Å². The first-order valence-electron chi connectivity index (χ1n) is 10.1. The molecule has 1 aliphatic heterocycles. The largest absolute Gasteiger partial charge is 0.442 e. The van der Waals surface area contributed by atoms with Crippen LogP contribution >= 0.6 is 11.3 Å². The molecule has 5 rings (SSSR count). The highest BCUT2D eigenvalue weighted by Crippen LogP contribution is 2.40. The van der Waals surface area contributed by atoms with Gasteiger partial charge >= 0.3 is 0 Å². The number of nitrogens with one attached hydrogen (secondary N) is 2. The van der Waals surface area contributed by atoms with Gasteiger partial charge in [-0.05, 0) is 26.7 Å². The quantitative estimate of drug-likeness (QED) is 0.617. The fourth-order valence-corrected chi connectivity index (χ4v) is 4.43. The number of aromatic nitrogens is 3. The highest BCUT2D eigenvalue weighted by molar-refractivity contribution is 7.13. The van der Waals surface area contributed by atoms with Gasteiger partial charge in [0.1, 0.15) is 17.9 Å². The van der Waals surface area contributed by atoms with Crippen molar-refractivity contribution in [1.82, 2.24) is 20.3 Å². The van der Waals surface area contributed by atoms with Gasteiger partial charge in [0.15, 0.2) is 5.13 Å². The molecule has 158 valence electrons. The Hall–Kier alpha value is -2.72. The number of nitrogens with zero attached hydrogens (tertiary/aromatic N) is 4. The normalized spacial score (nSPS) is 17.9. The molecule has 2 aliphatic rings. The minimum Gasteiger partial charge on any atom is -0.442 e. The summed E-state index contributed by atoms with van der Waals surface area (Å²) in [5.41, 5.74) is 1.75. The van der Waals surface area contributed by atoms with Gasteiger partial charge in [0.25, 0.3) is 5.91 Å². The Morgan fingerprint density at radius 3 is 2.87 bits per heavy atom. The molecule has 0 atom stereocenters. The van der Waals surface area contributed by atoms with E-state index in [1.54, 1.807) is 18.3 Å². The summed E-state index contributed by atoms with van der Waals surface area (Å²) in [4.78, 5) is 28.5. The van der Waals surface area contributed by atoms with Crippen LogP contribution in [0.1, 0.15) is 41.6 Å². The number of fused-ring (bicyclic) bond motifs is 1. The summed E-state index contributed by atoms with van der Waals surface area (Å²) >= 11 is 1.59. The molecule has 0 spiro atoms. The number of amides is 1. The molecule has 2 N–H and O–H groups in total. The Labute approximate surface area is 177 Å². The van der Waals surface area contributed by atoms with E-state index >= 15 is 0 Å². The van der Waals surface area contributed by atoms with E-state index in [0.717, 1.165) is 50.0 Å². The number of morpholine rings is 1. The molecule has 10 heteroatoms. The van der Waals surface area contributed by atoms with Crippen LogP contribution in [0.15, 0.2) is 16.1 Å². The number of rotatable bonds is 6. The van der Waals surface area contributed by atoms with Gasteiger partial charge < -0.3 is 24.7 Å². The standard InChI is InChI=1S/C20H24N6O3S/c1-12-14(15-16(25-20(2)3-4-20)22-11-23-18(15)29-12)17(27)21-9-13-10-30-19(24-13)26-5-7-28-8-6-26/h10-11H,3-9H2,1-2H3,(H,21,27)(H,22,23,25). The zero-order chi connectivity index (χ0) is 20.7. The Morgan fingerprint density at radius 1 is 1.30 bits per heavy atom. The maximum absolute atomic E-state index is 13.1. The molecule has 0 aromatic carbocycles. The predicted octanol–water partition coefficient (Wildman–Crippen LogP) is 2.72. The Morgan fingerprint density at radius 2 is 2.10 bits per heavy atom. The molecule has 30 heavy (non-hydrogen) atoms. The third-order valence-electron chi connectivity index (χ3n) is 5.56. The average Bonchev–Trinajstić information content (AvgIpc) is 3.15. The van der Waals surface area contributed by atoms with Gasteiger partial charge in [0.05, 0.1) is 36.4 Å². The second-order valence-corrected chi connectivity index (χ2v) is 8.86. The lowest BCUT2D eigenvalue weighted by Crippen LogP contribution is -2.36. The van der Waals surface area contributed by atoms with Crippen molar-refractivity contribution >= 4 is 39.3 Å². The van der Waals surface area contributed by atoms with E-state index in [2.05, 4.69) is 37.4 Å². The van der Waals surface area contributed by atoms with Crippen molar-refractivity contribution in [3.05, 3.63) is 28.7 Å². The summed E-state index contributed by atoms with van der Waals surface area (Å²) in [5.74, 6) is 0.954. The SMILES string of the molecule is Cc1oc2ncnc(NC3(C)CC3)c2c1C(=O)NCc1csc(N2CCOCC2)n1. The van der Waals surface area contributed by atoms with E-state index in [0.29, 0.717) is 34.8 Å². The van der Waals surface area contributed by atoms with E-state index in [9.17, 15) is 4.79 Å². The summed E-state index contributed by atoms with van der Waals surface area (Å²) in [6.45, 7) is 7.38. The minimum atomic E-state index is -0.217. The Balaban J connectivity index is 1.34. The number of hydrogen-bond acceptors (Lipinski definition) is 9. The van der Waals surface area contributed by atoms with E-state index in [-0.39, 0.29) is 11.4 Å². The molecular formula is C20H24N6O3S. The highest BCUT2D eigenvalue weighted by atomic mass is 32.1. The second kappa shape index (κ2) is 7.51. The fourth-order valence-electron chi connectivity index (χ4n) is 3.55. The number of hydrogen-bond donors (Lipinski definition) is 2. The van der Waals surface area contributed by atoms with E-state index in [1.807, 2.05) is 5.38 Å². The molecule has 0 bridgehead atoms. The maximum Gasteiger partial charge on any atom is 0.255 e. The molecule has 9 nitrogen and oxygen atoms in total. The van der Waals surface area contributed by atoms with Crippen LogP contribution in [-0.4, -0.2) is 52.7 Å². The van der Waals surface area contributed by atoms with Crippen molar-refractivity contribution in [1.29, 1.82) is 0 Å². The number of ether oxygens (including phenoxy) is 1. The third kappa shape index (κ3) is 3.72. The first-order chi connectivity index (χ1) is 14.5. The summed E-state index contributed by atoms with van der Waals surface area (Å²) in [6, 6.07) is 0. The van der Waals surface area contributed by atoms with E-state index in [1.165, 1.54) is 6.33 Å². The highest BCUT2D eigenvalue weighted by Gasteiger charge is 2.38. The number of anilines is 2. The summed E-state index contributed by atoms with van der Waals surface area (Å²) in [5, 5.41) is 9.99. The zero-order valence-corrected chi connectivity index (χ0v) is 17.8. The number of carbonyl (C=O) groups excluding carboxylic acids is 1. The van der Waals surface area contributed by atoms with Gasteiger partial charge in [-0.1, -0.05) is 0 Å². The number of aryl methyl sites for hydroxylation is 1. The summed E-state index contributed by atoms with van der Waals surface area (Å²) in [6.07, 6.45) is 3.61. The predicted molar refractivity (Wildman–Crippen MR) is 114 cm³/mol. The van der Waals surface area contributed by atoms with Crippen LogP contribution < -0.4 is 15.5 Å². The van der Waals surface area contributed by atoms with Crippen LogP contribution in [0.5, 0.6) is 0 Å². The van der Waals surface area contributed by atoms with Crippen molar-refractivity contribution in [3.8, 4) is 0 Å². The van der Waals surface area contributed by atoms with Crippen LogP contribution in [0.3, 0.4) is 0 Å². The molecule has 3 aromatic rings. The molecule has 0 unspecified atom stereocenters. The molecule has 1 saturated carbocycles. The lowest BCUT2D eigenvalue weighted by molar-refractivity contribution is 0.0950. The molecule has 4 heterocycles. The van der Waals surface area contributed by atoms with Crippen LogP contribution in [0.2, 0.25) is 0 Å². The van der Waals surface area contributed by atoms with Gasteiger partial charge in [0.2, 0.25) is 5.71 Å². The smallest absolute Gasteiger partial charge is 0.255 e. The molecule has 2 fully saturated rings. The molecular weight excluding hydrogens is 404 g/mol. The van der Waals surface area contributed by atoms with Gasteiger partial charge in [-0.2, -0.15) is 0 Å². The minimum absolute atomic E-state index is 0.0245. The van der Waals surface area contributed by atoms with Crippen molar-refractivity contribution in [2.24, 2.45) is 0 Å². The molecule has 1 amide bonds. The van der Waals surface area contributed by atoms with Gasteiger partial charge in [-0.25, -0.2) is 15.0 Å². The maximum atomic E-state index is 13.1. The number of furan rings is 1. The van der Waals surface area contributed by atoms with Crippen molar-refractivity contribution < 1.29 is 13.9 Å². The van der Waals surface area contributed by atoms with Gasteiger partial charge in [-0.3, -0.25) is 4.79 Å². The first kappa shape index (κ1) is 19.3. The van der Waals surface area contributed by atoms with Crippen molar-refractivity contribution in [3.63, 3.8) is 0 Å². The number of carbonyl (C=O) groups is 1. The monoisotopic (exact) mass is 428 g/mol. The molecule has 1 saturated heterocycles. The van der Waals surface area contributed by atoms with Crippen LogP contribution in [0, 0.1) is 6.92 Å². The Kier molecular flexibility index (Phi) is 4.82. The van der Waals surface area contributed by atoms with Crippen LogP contribution in [0.4, 0.5) is 10.9 Å². The molecule has 1 aliphatic carbocycles. The van der Waals surface area contributed by atoms with E-state index < -0.39 is 0 Å².